The molecular formula is C27H30FN9O3S. The summed E-state index contributed by atoms with van der Waals surface area (Å²) in [6.07, 6.45) is 4.80. The summed E-state index contributed by atoms with van der Waals surface area (Å²) in [6, 6.07) is 8.68. The lowest BCUT2D eigenvalue weighted by Crippen LogP contribution is -2.47. The van der Waals surface area contributed by atoms with E-state index in [4.69, 9.17) is 14.9 Å². The van der Waals surface area contributed by atoms with E-state index in [0.29, 0.717) is 65.5 Å². The van der Waals surface area contributed by atoms with Gasteiger partial charge in [-0.25, -0.2) is 14.1 Å². The molecule has 0 unspecified atom stereocenters. The fourth-order valence-electron chi connectivity index (χ4n) is 5.48. The molecule has 0 radical (unpaired) electrons. The molecule has 0 bridgehead atoms. The summed E-state index contributed by atoms with van der Waals surface area (Å²) in [5, 5.41) is 9.75. The van der Waals surface area contributed by atoms with E-state index >= 15 is 4.39 Å². The zero-order chi connectivity index (χ0) is 27.9. The van der Waals surface area contributed by atoms with Crippen molar-refractivity contribution in [2.45, 2.75) is 25.5 Å². The van der Waals surface area contributed by atoms with Crippen molar-refractivity contribution in [3.05, 3.63) is 48.6 Å². The van der Waals surface area contributed by atoms with Gasteiger partial charge in [0, 0.05) is 51.6 Å². The summed E-state index contributed by atoms with van der Waals surface area (Å²) in [6.45, 7) is 4.42. The molecule has 2 N–H and O–H groups in total. The van der Waals surface area contributed by atoms with E-state index in [1.807, 2.05) is 10.7 Å². The summed E-state index contributed by atoms with van der Waals surface area (Å²) >= 11 is -0.747. The molecule has 5 aromatic rings. The van der Waals surface area contributed by atoms with Crippen molar-refractivity contribution in [3.63, 3.8) is 0 Å². The van der Waals surface area contributed by atoms with Crippen molar-refractivity contribution in [2.24, 2.45) is 0 Å². The quantitative estimate of drug-likeness (QED) is 0.286. The minimum absolute atomic E-state index is 0.00152. The van der Waals surface area contributed by atoms with Gasteiger partial charge in [-0.15, -0.1) is 5.10 Å². The molecule has 0 aliphatic carbocycles. The molecule has 12 nitrogen and oxygen atoms in total. The van der Waals surface area contributed by atoms with Crippen molar-refractivity contribution >= 4 is 39.5 Å². The van der Waals surface area contributed by atoms with Gasteiger partial charge in [-0.2, -0.15) is 14.6 Å². The maximum atomic E-state index is 15.0. The van der Waals surface area contributed by atoms with Gasteiger partial charge in [0.1, 0.15) is 29.2 Å². The maximum Gasteiger partial charge on any atom is 0.225 e. The van der Waals surface area contributed by atoms with Gasteiger partial charge in [0.05, 0.1) is 30.1 Å². The van der Waals surface area contributed by atoms with E-state index in [0.717, 1.165) is 37.9 Å². The number of nitrogen functional groups attached to an aromatic ring is 1. The molecular weight excluding hydrogens is 549 g/mol. The molecule has 0 spiro atoms. The van der Waals surface area contributed by atoms with E-state index in [-0.39, 0.29) is 17.9 Å². The minimum atomic E-state index is -0.747. The van der Waals surface area contributed by atoms with Crippen LogP contribution in [0.25, 0.3) is 28.3 Å². The summed E-state index contributed by atoms with van der Waals surface area (Å²) < 4.78 is 41.3. The van der Waals surface area contributed by atoms with Crippen LogP contribution in [-0.2, 0) is 17.7 Å². The van der Waals surface area contributed by atoms with Crippen LogP contribution in [0.1, 0.15) is 12.8 Å². The van der Waals surface area contributed by atoms with E-state index in [1.54, 1.807) is 30.7 Å². The number of nitrogens with zero attached hydrogens (tertiary/aromatic N) is 8. The first-order valence-electron chi connectivity index (χ1n) is 13.7. The molecule has 6 heterocycles. The van der Waals surface area contributed by atoms with Gasteiger partial charge in [0.2, 0.25) is 11.8 Å². The Balaban J connectivity index is 0.972. The molecule has 7 rings (SSSR count). The van der Waals surface area contributed by atoms with Crippen LogP contribution in [-0.4, -0.2) is 89.1 Å². The molecule has 2 saturated heterocycles. The van der Waals surface area contributed by atoms with Crippen LogP contribution in [0, 0.1) is 5.82 Å². The Morgan fingerprint density at radius 2 is 1.90 bits per heavy atom. The molecule has 0 saturated carbocycles. The first kappa shape index (κ1) is 26.0. The first-order chi connectivity index (χ1) is 20.0. The number of piperazine rings is 1. The molecule has 41 heavy (non-hydrogen) atoms. The zero-order valence-electron chi connectivity index (χ0n) is 22.4. The van der Waals surface area contributed by atoms with E-state index < -0.39 is 11.2 Å². The number of nitrogens with two attached hydrogens (primary N) is 1. The highest BCUT2D eigenvalue weighted by atomic mass is 32.2. The number of aromatic nitrogens is 6. The smallest absolute Gasteiger partial charge is 0.225 e. The average molecular weight is 580 g/mol. The number of furan rings is 1. The van der Waals surface area contributed by atoms with Crippen LogP contribution >= 0.6 is 0 Å². The highest BCUT2D eigenvalue weighted by Gasteiger charge is 2.25. The number of benzene rings is 1. The van der Waals surface area contributed by atoms with Gasteiger partial charge < -0.3 is 24.3 Å². The van der Waals surface area contributed by atoms with Crippen molar-refractivity contribution in [3.8, 4) is 17.3 Å². The lowest BCUT2D eigenvalue weighted by molar-refractivity contribution is 0.189. The molecule has 1 aromatic carbocycles. The summed E-state index contributed by atoms with van der Waals surface area (Å²) in [4.78, 5) is 13.6. The van der Waals surface area contributed by atoms with Gasteiger partial charge in [-0.1, -0.05) is 11.2 Å². The van der Waals surface area contributed by atoms with Gasteiger partial charge in [0.25, 0.3) is 0 Å². The molecule has 0 amide bonds. The number of anilines is 2. The highest BCUT2D eigenvalue weighted by Crippen LogP contribution is 2.28. The van der Waals surface area contributed by atoms with Crippen LogP contribution in [0.3, 0.4) is 0 Å². The summed E-state index contributed by atoms with van der Waals surface area (Å²) in [5.74, 6) is 2.76. The summed E-state index contributed by atoms with van der Waals surface area (Å²) in [7, 11) is 0. The lowest BCUT2D eigenvalue weighted by Gasteiger charge is -2.36. The predicted octanol–water partition coefficient (Wildman–Crippen LogP) is 2.57. The molecule has 2 aliphatic heterocycles. The summed E-state index contributed by atoms with van der Waals surface area (Å²) in [5.41, 5.74) is 8.03. The normalized spacial score (nSPS) is 20.3. The largest absolute Gasteiger partial charge is 0.616 e. The Labute approximate surface area is 238 Å². The fourth-order valence-corrected chi connectivity index (χ4v) is 6.73. The van der Waals surface area contributed by atoms with Crippen LogP contribution < -0.4 is 15.4 Å². The topological polar surface area (TPSA) is 139 Å². The second-order valence-electron chi connectivity index (χ2n) is 10.3. The third kappa shape index (κ3) is 5.18. The monoisotopic (exact) mass is 579 g/mol. The third-order valence-corrected chi connectivity index (χ3v) is 9.12. The number of rotatable bonds is 7. The zero-order valence-corrected chi connectivity index (χ0v) is 23.2. The van der Waals surface area contributed by atoms with Gasteiger partial charge in [0.15, 0.2) is 17.1 Å². The fraction of sp³-hybridized carbons (Fsp3) is 0.407. The molecule has 2 aliphatic rings. The SMILES string of the molecule is Nc1nc2c(cnn2CCN2CCN(c3ccc(O[C@H]4CC[S@+]([O-])CC4)cc3F)CC2)c2nc(-c3ccco3)nn12. The van der Waals surface area contributed by atoms with Crippen molar-refractivity contribution in [1.29, 1.82) is 0 Å². The molecule has 4 aromatic heterocycles. The average Bonchev–Trinajstić information content (AvgIpc) is 3.74. The van der Waals surface area contributed by atoms with E-state index in [2.05, 4.69) is 30.0 Å². The van der Waals surface area contributed by atoms with Crippen molar-refractivity contribution in [2.75, 3.05) is 54.9 Å². The molecule has 14 heteroatoms. The number of fused-ring (bicyclic) bond motifs is 3. The highest BCUT2D eigenvalue weighted by molar-refractivity contribution is 7.91. The number of hydrogen-bond acceptors (Lipinski definition) is 10. The number of halogens is 1. The Morgan fingerprint density at radius 3 is 2.66 bits per heavy atom. The molecule has 0 atom stereocenters. The van der Waals surface area contributed by atoms with Crippen LogP contribution in [0.4, 0.5) is 16.0 Å². The number of ether oxygens (including phenoxy) is 1. The Hall–Kier alpha value is -3.88. The lowest BCUT2D eigenvalue weighted by atomic mass is 10.2. The van der Waals surface area contributed by atoms with Crippen LogP contribution in [0.2, 0.25) is 0 Å². The van der Waals surface area contributed by atoms with E-state index in [9.17, 15) is 4.55 Å². The van der Waals surface area contributed by atoms with Gasteiger partial charge in [-0.05, 0) is 24.3 Å². The molecule has 2 fully saturated rings. The van der Waals surface area contributed by atoms with Crippen LogP contribution in [0.5, 0.6) is 5.75 Å². The van der Waals surface area contributed by atoms with Gasteiger partial charge >= 0.3 is 0 Å². The van der Waals surface area contributed by atoms with Crippen molar-refractivity contribution < 1.29 is 18.1 Å². The third-order valence-electron chi connectivity index (χ3n) is 7.74. The number of hydrogen-bond donors (Lipinski definition) is 1. The Bertz CT molecular complexity index is 1660. The predicted molar refractivity (Wildman–Crippen MR) is 153 cm³/mol. The second-order valence-corrected chi connectivity index (χ2v) is 12.0. The van der Waals surface area contributed by atoms with Crippen LogP contribution in [0.15, 0.2) is 47.2 Å². The maximum absolute atomic E-state index is 15.0. The minimum Gasteiger partial charge on any atom is -0.616 e. The first-order valence-corrected chi connectivity index (χ1v) is 15.2. The second kappa shape index (κ2) is 10.8. The molecule has 214 valence electrons. The van der Waals surface area contributed by atoms with Gasteiger partial charge in [-0.3, -0.25) is 4.90 Å². The van der Waals surface area contributed by atoms with E-state index in [1.165, 1.54) is 10.6 Å². The Kier molecular flexibility index (Phi) is 6.88. The van der Waals surface area contributed by atoms with Crippen molar-refractivity contribution in [1.82, 2.24) is 34.3 Å². The Morgan fingerprint density at radius 1 is 1.07 bits per heavy atom. The standard InChI is InChI=1S/C27H30FN9O3S/c28-21-16-19(40-18-5-14-41(38)15-6-18)3-4-22(21)35-10-7-34(8-11-35)9-12-36-25-20(17-30-36)26-31-24(23-2-1-13-39-23)33-37(26)27(29)32-25/h1-4,13,16-18H,5-12,14-15H2,(H2,29,32)/t18-,41-.